The fourth-order valence-corrected chi connectivity index (χ4v) is 4.50. The van der Waals surface area contributed by atoms with E-state index in [0.29, 0.717) is 54.0 Å². The lowest BCUT2D eigenvalue weighted by Crippen LogP contribution is -2.49. The molecule has 0 atom stereocenters. The number of benzene rings is 2. The molecule has 1 saturated heterocycles. The number of aromatic nitrogens is 1. The molecule has 3 heterocycles. The van der Waals surface area contributed by atoms with Crippen LogP contribution in [0.15, 0.2) is 59.0 Å². The van der Waals surface area contributed by atoms with Crippen molar-refractivity contribution in [2.45, 2.75) is 25.4 Å². The molecule has 1 fully saturated rings. The standard InChI is InChI=1S/C25H22Cl2N4O3/c26-17-2-5-21-15(11-17)1-4-22(30-21)24(32)29-19-7-9-31(10-8-19)25(33)28-14-20-13-16-12-18(27)3-6-23(16)34-20/h1-6,11-13,19H,7-10,14H2,(H,28,33)(H,29,32). The number of hydrogen-bond acceptors (Lipinski definition) is 4. The van der Waals surface area contributed by atoms with Gasteiger partial charge in [-0.2, -0.15) is 0 Å². The number of halogens is 2. The molecule has 3 amide bonds. The molecule has 1 aliphatic rings. The van der Waals surface area contributed by atoms with Crippen LogP contribution in [0.25, 0.3) is 21.9 Å². The van der Waals surface area contributed by atoms with Crippen molar-refractivity contribution in [3.8, 4) is 0 Å². The van der Waals surface area contributed by atoms with E-state index in [9.17, 15) is 9.59 Å². The van der Waals surface area contributed by atoms with Gasteiger partial charge in [-0.15, -0.1) is 0 Å². The van der Waals surface area contributed by atoms with Crippen molar-refractivity contribution in [3.63, 3.8) is 0 Å². The minimum Gasteiger partial charge on any atom is -0.459 e. The van der Waals surface area contributed by atoms with Crippen molar-refractivity contribution < 1.29 is 14.0 Å². The second kappa shape index (κ2) is 9.52. The summed E-state index contributed by atoms with van der Waals surface area (Å²) in [5.41, 5.74) is 1.81. The van der Waals surface area contributed by atoms with Crippen LogP contribution in [-0.2, 0) is 6.54 Å². The number of fused-ring (bicyclic) bond motifs is 2. The Hall–Kier alpha value is -3.29. The van der Waals surface area contributed by atoms with Gasteiger partial charge in [0, 0.05) is 39.9 Å². The second-order valence-corrected chi connectivity index (χ2v) is 9.19. The topological polar surface area (TPSA) is 87.5 Å². The number of amides is 3. The predicted octanol–water partition coefficient (Wildman–Crippen LogP) is 5.39. The lowest BCUT2D eigenvalue weighted by molar-refractivity contribution is 0.0913. The zero-order valence-corrected chi connectivity index (χ0v) is 19.7. The number of furan rings is 1. The normalized spacial score (nSPS) is 14.5. The maximum absolute atomic E-state index is 12.7. The number of pyridine rings is 1. The lowest BCUT2D eigenvalue weighted by Gasteiger charge is -2.32. The Labute approximate surface area is 206 Å². The van der Waals surface area contributed by atoms with Gasteiger partial charge in [-0.3, -0.25) is 4.79 Å². The summed E-state index contributed by atoms with van der Waals surface area (Å²) >= 11 is 12.0. The molecule has 34 heavy (non-hydrogen) atoms. The molecule has 7 nitrogen and oxygen atoms in total. The van der Waals surface area contributed by atoms with Crippen LogP contribution in [0.2, 0.25) is 10.0 Å². The van der Waals surface area contributed by atoms with Crippen molar-refractivity contribution >= 4 is 57.0 Å². The van der Waals surface area contributed by atoms with Crippen LogP contribution in [-0.4, -0.2) is 41.0 Å². The molecule has 5 rings (SSSR count). The highest BCUT2D eigenvalue weighted by molar-refractivity contribution is 6.31. The first-order valence-electron chi connectivity index (χ1n) is 11.0. The second-order valence-electron chi connectivity index (χ2n) is 8.32. The van der Waals surface area contributed by atoms with Crippen molar-refractivity contribution in [1.82, 2.24) is 20.5 Å². The summed E-state index contributed by atoms with van der Waals surface area (Å²) in [6.07, 6.45) is 1.34. The van der Waals surface area contributed by atoms with Gasteiger partial charge in [0.05, 0.1) is 12.1 Å². The number of carbonyl (C=O) groups is 2. The summed E-state index contributed by atoms with van der Waals surface area (Å²) in [5, 5.41) is 8.99. The quantitative estimate of drug-likeness (QED) is 0.396. The average molecular weight is 497 g/mol. The third kappa shape index (κ3) is 4.95. The largest absolute Gasteiger partial charge is 0.459 e. The third-order valence-corrected chi connectivity index (χ3v) is 6.41. The maximum Gasteiger partial charge on any atom is 0.317 e. The van der Waals surface area contributed by atoms with E-state index in [1.165, 1.54) is 0 Å². The first-order valence-corrected chi connectivity index (χ1v) is 11.8. The van der Waals surface area contributed by atoms with Crippen LogP contribution >= 0.6 is 23.2 Å². The molecular weight excluding hydrogens is 475 g/mol. The Morgan fingerprint density at radius 1 is 0.971 bits per heavy atom. The van der Waals surface area contributed by atoms with E-state index < -0.39 is 0 Å². The molecule has 0 aliphatic carbocycles. The van der Waals surface area contributed by atoms with Gasteiger partial charge in [0.25, 0.3) is 5.91 Å². The third-order valence-electron chi connectivity index (χ3n) is 5.94. The SMILES string of the molecule is O=C(NC1CCN(C(=O)NCc2cc3cc(Cl)ccc3o2)CC1)c1ccc2cc(Cl)ccc2n1. The number of rotatable bonds is 4. The van der Waals surface area contributed by atoms with Crippen molar-refractivity contribution in [2.24, 2.45) is 0 Å². The van der Waals surface area contributed by atoms with Crippen LogP contribution in [0.5, 0.6) is 0 Å². The highest BCUT2D eigenvalue weighted by atomic mass is 35.5. The molecule has 9 heteroatoms. The minimum atomic E-state index is -0.218. The zero-order valence-electron chi connectivity index (χ0n) is 18.2. The first-order chi connectivity index (χ1) is 16.4. The Morgan fingerprint density at radius 2 is 1.71 bits per heavy atom. The van der Waals surface area contributed by atoms with Crippen LogP contribution < -0.4 is 10.6 Å². The van der Waals surface area contributed by atoms with E-state index in [4.69, 9.17) is 27.6 Å². The number of nitrogens with zero attached hydrogens (tertiary/aromatic N) is 2. The molecule has 2 aromatic heterocycles. The molecule has 174 valence electrons. The van der Waals surface area contributed by atoms with Gasteiger partial charge >= 0.3 is 6.03 Å². The molecule has 2 aromatic carbocycles. The lowest BCUT2D eigenvalue weighted by atomic mass is 10.0. The van der Waals surface area contributed by atoms with Gasteiger partial charge in [0.15, 0.2) is 0 Å². The number of hydrogen-bond donors (Lipinski definition) is 2. The van der Waals surface area contributed by atoms with Crippen LogP contribution in [0.3, 0.4) is 0 Å². The molecule has 1 aliphatic heterocycles. The van der Waals surface area contributed by atoms with Crippen molar-refractivity contribution in [1.29, 1.82) is 0 Å². The van der Waals surface area contributed by atoms with Gasteiger partial charge in [-0.05, 0) is 61.4 Å². The van der Waals surface area contributed by atoms with Gasteiger partial charge in [-0.1, -0.05) is 29.3 Å². The minimum absolute atomic E-state index is 0.0145. The van der Waals surface area contributed by atoms with E-state index in [1.54, 1.807) is 29.2 Å². The van der Waals surface area contributed by atoms with Crippen LogP contribution in [0, 0.1) is 0 Å². The summed E-state index contributed by atoms with van der Waals surface area (Å²) in [4.78, 5) is 31.5. The molecule has 0 unspecified atom stereocenters. The van der Waals surface area contributed by atoms with E-state index in [0.717, 1.165) is 21.9 Å². The first kappa shape index (κ1) is 22.5. The number of piperidine rings is 1. The van der Waals surface area contributed by atoms with Gasteiger partial charge in [0.1, 0.15) is 17.0 Å². The van der Waals surface area contributed by atoms with Crippen molar-refractivity contribution in [2.75, 3.05) is 13.1 Å². The van der Waals surface area contributed by atoms with Crippen LogP contribution in [0.4, 0.5) is 4.79 Å². The number of carbonyl (C=O) groups excluding carboxylic acids is 2. The van der Waals surface area contributed by atoms with E-state index in [2.05, 4.69) is 15.6 Å². The molecule has 0 bridgehead atoms. The zero-order chi connectivity index (χ0) is 23.7. The molecule has 0 saturated carbocycles. The number of urea groups is 1. The van der Waals surface area contributed by atoms with E-state index in [-0.39, 0.29) is 18.0 Å². The summed E-state index contributed by atoms with van der Waals surface area (Å²) in [5.74, 6) is 0.447. The fourth-order valence-electron chi connectivity index (χ4n) is 4.14. The summed E-state index contributed by atoms with van der Waals surface area (Å²) in [7, 11) is 0. The Balaban J connectivity index is 1.11. The molecule has 4 aromatic rings. The summed E-state index contributed by atoms with van der Waals surface area (Å²) < 4.78 is 5.74. The summed E-state index contributed by atoms with van der Waals surface area (Å²) in [6.45, 7) is 1.40. The summed E-state index contributed by atoms with van der Waals surface area (Å²) in [6, 6.07) is 16.0. The van der Waals surface area contributed by atoms with Gasteiger partial charge < -0.3 is 20.0 Å². The molecule has 0 spiro atoms. The Bertz CT molecular complexity index is 1380. The monoisotopic (exact) mass is 496 g/mol. The van der Waals surface area contributed by atoms with E-state index in [1.807, 2.05) is 30.3 Å². The van der Waals surface area contributed by atoms with Gasteiger partial charge in [-0.25, -0.2) is 9.78 Å². The smallest absolute Gasteiger partial charge is 0.317 e. The predicted molar refractivity (Wildman–Crippen MR) is 132 cm³/mol. The highest BCUT2D eigenvalue weighted by Crippen LogP contribution is 2.23. The number of nitrogens with one attached hydrogen (secondary N) is 2. The maximum atomic E-state index is 12.7. The molecule has 0 radical (unpaired) electrons. The molecule has 2 N–H and O–H groups in total. The Kier molecular flexibility index (Phi) is 6.30. The van der Waals surface area contributed by atoms with Crippen LogP contribution in [0.1, 0.15) is 29.1 Å². The number of likely N-dealkylation sites (tertiary alicyclic amines) is 1. The molecular formula is C25H22Cl2N4O3. The fraction of sp³-hybridized carbons (Fsp3) is 0.240. The van der Waals surface area contributed by atoms with Gasteiger partial charge in [0.2, 0.25) is 0 Å². The average Bonchev–Trinajstić information content (AvgIpc) is 3.24. The van der Waals surface area contributed by atoms with E-state index >= 15 is 0 Å². The van der Waals surface area contributed by atoms with Crippen molar-refractivity contribution in [3.05, 3.63) is 76.1 Å². The Morgan fingerprint density at radius 3 is 2.50 bits per heavy atom. The highest BCUT2D eigenvalue weighted by Gasteiger charge is 2.24.